The van der Waals surface area contributed by atoms with Gasteiger partial charge in [-0.3, -0.25) is 9.10 Å². The fraction of sp³-hybridized carbons (Fsp3) is 0.136. The molecule has 3 rings (SSSR count). The van der Waals surface area contributed by atoms with Gasteiger partial charge in [0.25, 0.3) is 10.0 Å². The van der Waals surface area contributed by atoms with Crippen molar-refractivity contribution in [1.82, 2.24) is 0 Å². The van der Waals surface area contributed by atoms with Crippen molar-refractivity contribution in [3.05, 3.63) is 90.2 Å². The van der Waals surface area contributed by atoms with E-state index >= 15 is 0 Å². The van der Waals surface area contributed by atoms with Gasteiger partial charge >= 0.3 is 0 Å². The predicted octanol–water partition coefficient (Wildman–Crippen LogP) is 4.36. The smallest absolute Gasteiger partial charge is 0.264 e. The third-order valence-corrected chi connectivity index (χ3v) is 6.18. The number of nitrogens with one attached hydrogen (secondary N) is 1. The van der Waals surface area contributed by atoms with Crippen LogP contribution in [-0.4, -0.2) is 20.9 Å². The van der Waals surface area contributed by atoms with Crippen LogP contribution in [0.4, 0.5) is 15.8 Å². The topological polar surface area (TPSA) is 66.5 Å². The van der Waals surface area contributed by atoms with Crippen LogP contribution in [0, 0.1) is 12.7 Å². The van der Waals surface area contributed by atoms with Crippen molar-refractivity contribution in [1.29, 1.82) is 0 Å². The summed E-state index contributed by atoms with van der Waals surface area (Å²) >= 11 is 0. The fourth-order valence-electron chi connectivity index (χ4n) is 2.80. The van der Waals surface area contributed by atoms with Gasteiger partial charge in [-0.2, -0.15) is 0 Å². The number of anilines is 2. The molecule has 3 aromatic carbocycles. The van der Waals surface area contributed by atoms with Gasteiger partial charge in [0.2, 0.25) is 5.91 Å². The molecule has 5 nitrogen and oxygen atoms in total. The average Bonchev–Trinajstić information content (AvgIpc) is 2.71. The van der Waals surface area contributed by atoms with Gasteiger partial charge in [0.15, 0.2) is 0 Å². The number of sulfonamides is 1. The van der Waals surface area contributed by atoms with Gasteiger partial charge < -0.3 is 5.32 Å². The predicted molar refractivity (Wildman–Crippen MR) is 112 cm³/mol. The number of halogens is 1. The van der Waals surface area contributed by atoms with Gasteiger partial charge in [0.05, 0.1) is 16.3 Å². The molecule has 3 aromatic rings. The first-order valence-corrected chi connectivity index (χ1v) is 10.5. The molecule has 1 amide bonds. The average molecular weight is 412 g/mol. The van der Waals surface area contributed by atoms with Crippen LogP contribution in [0.1, 0.15) is 12.0 Å². The van der Waals surface area contributed by atoms with Crippen LogP contribution in [0.5, 0.6) is 0 Å². The molecule has 0 aliphatic carbocycles. The van der Waals surface area contributed by atoms with Gasteiger partial charge in [-0.15, -0.1) is 0 Å². The van der Waals surface area contributed by atoms with Crippen LogP contribution in [0.2, 0.25) is 0 Å². The van der Waals surface area contributed by atoms with E-state index in [1.807, 2.05) is 6.92 Å². The van der Waals surface area contributed by atoms with Crippen LogP contribution >= 0.6 is 0 Å². The Morgan fingerprint density at radius 1 is 0.931 bits per heavy atom. The molecule has 7 heteroatoms. The van der Waals surface area contributed by atoms with Crippen LogP contribution in [0.3, 0.4) is 0 Å². The minimum absolute atomic E-state index is 0.0603. The molecule has 0 radical (unpaired) electrons. The van der Waals surface area contributed by atoms with Crippen molar-refractivity contribution in [3.63, 3.8) is 0 Å². The van der Waals surface area contributed by atoms with Crippen molar-refractivity contribution >= 4 is 27.3 Å². The van der Waals surface area contributed by atoms with Crippen LogP contribution in [0.25, 0.3) is 0 Å². The zero-order chi connectivity index (χ0) is 20.9. The minimum Gasteiger partial charge on any atom is -0.324 e. The molecule has 0 bridgehead atoms. The summed E-state index contributed by atoms with van der Waals surface area (Å²) in [5.41, 5.74) is 1.45. The van der Waals surface area contributed by atoms with Gasteiger partial charge in [-0.1, -0.05) is 48.0 Å². The van der Waals surface area contributed by atoms with Gasteiger partial charge in [-0.25, -0.2) is 12.8 Å². The number of hydrogen-bond donors (Lipinski definition) is 1. The highest BCUT2D eigenvalue weighted by atomic mass is 32.2. The van der Waals surface area contributed by atoms with Crippen molar-refractivity contribution < 1.29 is 17.6 Å². The Bertz CT molecular complexity index is 1080. The van der Waals surface area contributed by atoms with Gasteiger partial charge in [-0.05, 0) is 43.3 Å². The molecule has 0 heterocycles. The standard InChI is InChI=1S/C22H21FN2O3S/c1-17-11-13-19(14-12-17)29(27,28)25(18-7-3-2-4-8-18)16-15-22(26)24-21-10-6-5-9-20(21)23/h2-14H,15-16H2,1H3,(H,24,26). The Morgan fingerprint density at radius 3 is 2.21 bits per heavy atom. The number of amides is 1. The van der Waals surface area contributed by atoms with E-state index in [-0.39, 0.29) is 23.5 Å². The van der Waals surface area contributed by atoms with E-state index in [4.69, 9.17) is 0 Å². The monoisotopic (exact) mass is 412 g/mol. The second kappa shape index (κ2) is 8.87. The molecule has 0 fully saturated rings. The fourth-order valence-corrected chi connectivity index (χ4v) is 4.26. The molecule has 0 atom stereocenters. The number of aryl methyl sites for hydroxylation is 1. The number of hydrogen-bond acceptors (Lipinski definition) is 3. The van der Waals surface area contributed by atoms with Crippen LogP contribution < -0.4 is 9.62 Å². The van der Waals surface area contributed by atoms with Crippen molar-refractivity contribution in [2.45, 2.75) is 18.2 Å². The summed E-state index contributed by atoms with van der Waals surface area (Å²) in [5.74, 6) is -1.02. The Kier molecular flexibility index (Phi) is 6.29. The van der Waals surface area contributed by atoms with Crippen molar-refractivity contribution in [2.75, 3.05) is 16.2 Å². The first-order chi connectivity index (χ1) is 13.9. The lowest BCUT2D eigenvalue weighted by Crippen LogP contribution is -2.34. The second-order valence-corrected chi connectivity index (χ2v) is 8.37. The van der Waals surface area contributed by atoms with E-state index in [2.05, 4.69) is 5.32 Å². The molecular weight excluding hydrogens is 391 g/mol. The Labute approximate surface area is 169 Å². The molecule has 150 valence electrons. The maximum absolute atomic E-state index is 13.7. The number of nitrogens with zero attached hydrogens (tertiary/aromatic N) is 1. The summed E-state index contributed by atoms with van der Waals surface area (Å²) in [6.07, 6.45) is -0.131. The SMILES string of the molecule is Cc1ccc(S(=O)(=O)N(CCC(=O)Nc2ccccc2F)c2ccccc2)cc1. The lowest BCUT2D eigenvalue weighted by Gasteiger charge is -2.24. The first-order valence-electron chi connectivity index (χ1n) is 9.07. The molecule has 0 unspecified atom stereocenters. The maximum atomic E-state index is 13.7. The van der Waals surface area contributed by atoms with Gasteiger partial charge in [0, 0.05) is 13.0 Å². The molecule has 0 aliphatic rings. The van der Waals surface area contributed by atoms with E-state index in [1.165, 1.54) is 22.5 Å². The minimum atomic E-state index is -3.87. The molecule has 0 aliphatic heterocycles. The number of benzene rings is 3. The van der Waals surface area contributed by atoms with E-state index < -0.39 is 21.7 Å². The Balaban J connectivity index is 1.82. The van der Waals surface area contributed by atoms with Crippen molar-refractivity contribution in [2.24, 2.45) is 0 Å². The normalized spacial score (nSPS) is 11.1. The van der Waals surface area contributed by atoms with E-state index in [1.54, 1.807) is 60.7 Å². The zero-order valence-electron chi connectivity index (χ0n) is 15.9. The number of para-hydroxylation sites is 2. The summed E-state index contributed by atoms with van der Waals surface area (Å²) in [4.78, 5) is 12.4. The number of carbonyl (C=O) groups is 1. The lowest BCUT2D eigenvalue weighted by molar-refractivity contribution is -0.116. The van der Waals surface area contributed by atoms with Crippen molar-refractivity contribution in [3.8, 4) is 0 Å². The number of rotatable bonds is 7. The zero-order valence-corrected chi connectivity index (χ0v) is 16.7. The van der Waals surface area contributed by atoms with Gasteiger partial charge in [0.1, 0.15) is 5.82 Å². The summed E-state index contributed by atoms with van der Waals surface area (Å²) in [6.45, 7) is 1.79. The first kappa shape index (κ1) is 20.5. The van der Waals surface area contributed by atoms with E-state index in [9.17, 15) is 17.6 Å². The van der Waals surface area contributed by atoms with E-state index in [0.29, 0.717) is 5.69 Å². The second-order valence-electron chi connectivity index (χ2n) is 6.50. The highest BCUT2D eigenvalue weighted by Gasteiger charge is 2.25. The molecule has 29 heavy (non-hydrogen) atoms. The van der Waals surface area contributed by atoms with Crippen LogP contribution in [-0.2, 0) is 14.8 Å². The summed E-state index contributed by atoms with van der Waals surface area (Å²) in [6, 6.07) is 20.9. The summed E-state index contributed by atoms with van der Waals surface area (Å²) in [7, 11) is -3.87. The molecule has 1 N–H and O–H groups in total. The molecular formula is C22H21FN2O3S. The largest absolute Gasteiger partial charge is 0.324 e. The third kappa shape index (κ3) is 5.00. The van der Waals surface area contributed by atoms with Crippen LogP contribution in [0.15, 0.2) is 83.8 Å². The Hall–Kier alpha value is -3.19. The lowest BCUT2D eigenvalue weighted by atomic mass is 10.2. The molecule has 0 aromatic heterocycles. The molecule has 0 saturated carbocycles. The highest BCUT2D eigenvalue weighted by molar-refractivity contribution is 7.92. The highest BCUT2D eigenvalue weighted by Crippen LogP contribution is 2.24. The molecule has 0 spiro atoms. The molecule has 0 saturated heterocycles. The summed E-state index contributed by atoms with van der Waals surface area (Å²) in [5, 5.41) is 2.48. The van der Waals surface area contributed by atoms with E-state index in [0.717, 1.165) is 5.56 Å². The number of carbonyl (C=O) groups excluding carboxylic acids is 1. The quantitative estimate of drug-likeness (QED) is 0.627. The summed E-state index contributed by atoms with van der Waals surface area (Å²) < 4.78 is 41.3. The third-order valence-electron chi connectivity index (χ3n) is 4.34. The Morgan fingerprint density at radius 2 is 1.55 bits per heavy atom. The maximum Gasteiger partial charge on any atom is 0.264 e.